The van der Waals surface area contributed by atoms with Crippen LogP contribution in [0.3, 0.4) is 0 Å². The number of aliphatic hydroxyl groups is 1. The number of aromatic nitrogens is 6. The Morgan fingerprint density at radius 3 is 2.75 bits per heavy atom. The fourth-order valence-electron chi connectivity index (χ4n) is 2.14. The molecular formula is C13H16N6O. The molecule has 104 valence electrons. The van der Waals surface area contributed by atoms with E-state index < -0.39 is 6.10 Å². The van der Waals surface area contributed by atoms with Crippen LogP contribution in [-0.2, 0) is 6.54 Å². The zero-order valence-corrected chi connectivity index (χ0v) is 11.6. The number of fused-ring (bicyclic) bond motifs is 1. The molecule has 0 amide bonds. The van der Waals surface area contributed by atoms with Crippen molar-refractivity contribution < 1.29 is 5.11 Å². The molecule has 7 heteroatoms. The number of nitrogens with zero attached hydrogens (tertiary/aromatic N) is 6. The van der Waals surface area contributed by atoms with Crippen LogP contribution in [0.5, 0.6) is 0 Å². The molecule has 0 spiro atoms. The van der Waals surface area contributed by atoms with Crippen molar-refractivity contribution in [3.8, 4) is 0 Å². The summed E-state index contributed by atoms with van der Waals surface area (Å²) in [5.41, 5.74) is 3.45. The highest BCUT2D eigenvalue weighted by atomic mass is 16.3. The second-order valence-corrected chi connectivity index (χ2v) is 4.96. The Morgan fingerprint density at radius 1 is 1.25 bits per heavy atom. The van der Waals surface area contributed by atoms with Gasteiger partial charge in [0.15, 0.2) is 0 Å². The molecule has 0 aliphatic carbocycles. The second kappa shape index (κ2) is 4.68. The summed E-state index contributed by atoms with van der Waals surface area (Å²) in [5.74, 6) is 0.688. The van der Waals surface area contributed by atoms with E-state index in [1.165, 1.54) is 0 Å². The maximum absolute atomic E-state index is 9.44. The molecule has 20 heavy (non-hydrogen) atoms. The Bertz CT molecular complexity index is 757. The Hall–Kier alpha value is -2.28. The number of aliphatic hydroxyl groups excluding tert-OH is 1. The van der Waals surface area contributed by atoms with Crippen LogP contribution in [0.2, 0.25) is 0 Å². The lowest BCUT2D eigenvalue weighted by Gasteiger charge is -1.98. The lowest BCUT2D eigenvalue weighted by atomic mass is 10.3. The molecule has 0 aliphatic rings. The molecule has 0 radical (unpaired) electrons. The molecule has 1 atom stereocenters. The summed E-state index contributed by atoms with van der Waals surface area (Å²) < 4.78 is 3.61. The molecule has 0 aromatic carbocycles. The summed E-state index contributed by atoms with van der Waals surface area (Å²) in [5, 5.41) is 17.3. The van der Waals surface area contributed by atoms with Gasteiger partial charge in [-0.1, -0.05) is 5.21 Å². The van der Waals surface area contributed by atoms with Gasteiger partial charge in [0.2, 0.25) is 5.78 Å². The highest BCUT2D eigenvalue weighted by Gasteiger charge is 2.09. The fourth-order valence-corrected chi connectivity index (χ4v) is 2.14. The highest BCUT2D eigenvalue weighted by Crippen LogP contribution is 2.11. The molecular weight excluding hydrogens is 256 g/mol. The molecule has 3 heterocycles. The van der Waals surface area contributed by atoms with Crippen molar-refractivity contribution in [2.45, 2.75) is 33.4 Å². The average Bonchev–Trinajstić information content (AvgIpc) is 2.96. The molecule has 1 N–H and O–H groups in total. The standard InChI is InChI=1S/C13H16N6O/c1-8-4-9(2)19-6-11(15-13(19)14-8)5-18-7-12(10(3)20)16-17-18/h4,6-7,10,20H,5H2,1-3H3. The van der Waals surface area contributed by atoms with E-state index in [2.05, 4.69) is 20.3 Å². The first-order valence-electron chi connectivity index (χ1n) is 6.43. The quantitative estimate of drug-likeness (QED) is 0.770. The van der Waals surface area contributed by atoms with Crippen LogP contribution in [0.15, 0.2) is 18.5 Å². The van der Waals surface area contributed by atoms with Crippen LogP contribution >= 0.6 is 0 Å². The van der Waals surface area contributed by atoms with Gasteiger partial charge in [-0.15, -0.1) is 5.10 Å². The van der Waals surface area contributed by atoms with E-state index in [1.54, 1.807) is 17.8 Å². The molecule has 0 bridgehead atoms. The van der Waals surface area contributed by atoms with Crippen molar-refractivity contribution in [1.82, 2.24) is 29.4 Å². The molecule has 0 saturated carbocycles. The van der Waals surface area contributed by atoms with Crippen LogP contribution in [0.4, 0.5) is 0 Å². The van der Waals surface area contributed by atoms with Crippen molar-refractivity contribution in [1.29, 1.82) is 0 Å². The third kappa shape index (κ3) is 2.27. The van der Waals surface area contributed by atoms with Crippen LogP contribution in [0.1, 0.15) is 35.8 Å². The van der Waals surface area contributed by atoms with Gasteiger partial charge in [0.05, 0.1) is 24.5 Å². The Balaban J connectivity index is 1.92. The number of imidazole rings is 1. The van der Waals surface area contributed by atoms with Crippen molar-refractivity contribution in [3.05, 3.63) is 41.2 Å². The van der Waals surface area contributed by atoms with Crippen LogP contribution in [0, 0.1) is 13.8 Å². The van der Waals surface area contributed by atoms with Gasteiger partial charge >= 0.3 is 0 Å². The number of aryl methyl sites for hydroxylation is 2. The summed E-state index contributed by atoms with van der Waals surface area (Å²) in [4.78, 5) is 8.88. The molecule has 1 unspecified atom stereocenters. The third-order valence-electron chi connectivity index (χ3n) is 3.12. The molecule has 3 rings (SSSR count). The topological polar surface area (TPSA) is 81.1 Å². The first-order chi connectivity index (χ1) is 9.52. The summed E-state index contributed by atoms with van der Waals surface area (Å²) >= 11 is 0. The second-order valence-electron chi connectivity index (χ2n) is 4.96. The first kappa shape index (κ1) is 12.7. The zero-order valence-electron chi connectivity index (χ0n) is 11.6. The molecule has 3 aromatic rings. The van der Waals surface area contributed by atoms with E-state index in [1.807, 2.05) is 30.5 Å². The maximum Gasteiger partial charge on any atom is 0.234 e. The normalized spacial score (nSPS) is 13.0. The lowest BCUT2D eigenvalue weighted by molar-refractivity contribution is 0.194. The lowest BCUT2D eigenvalue weighted by Crippen LogP contribution is -2.00. The smallest absolute Gasteiger partial charge is 0.234 e. The fraction of sp³-hybridized carbons (Fsp3) is 0.385. The van der Waals surface area contributed by atoms with E-state index in [4.69, 9.17) is 0 Å². The van der Waals surface area contributed by atoms with Gasteiger partial charge in [-0.2, -0.15) is 0 Å². The van der Waals surface area contributed by atoms with E-state index in [0.717, 1.165) is 17.1 Å². The van der Waals surface area contributed by atoms with Gasteiger partial charge in [0.25, 0.3) is 0 Å². The molecule has 3 aromatic heterocycles. The van der Waals surface area contributed by atoms with Gasteiger partial charge in [0.1, 0.15) is 5.69 Å². The van der Waals surface area contributed by atoms with Crippen LogP contribution in [0.25, 0.3) is 5.78 Å². The van der Waals surface area contributed by atoms with Crippen molar-refractivity contribution >= 4 is 5.78 Å². The monoisotopic (exact) mass is 272 g/mol. The SMILES string of the molecule is Cc1cc(C)n2cc(Cn3cc(C(C)O)nn3)nc2n1. The average molecular weight is 272 g/mol. The van der Waals surface area contributed by atoms with Crippen molar-refractivity contribution in [2.24, 2.45) is 0 Å². The number of rotatable bonds is 3. The first-order valence-corrected chi connectivity index (χ1v) is 6.43. The largest absolute Gasteiger partial charge is 0.387 e. The van der Waals surface area contributed by atoms with E-state index in [0.29, 0.717) is 18.0 Å². The minimum absolute atomic E-state index is 0.502. The van der Waals surface area contributed by atoms with Gasteiger partial charge < -0.3 is 5.11 Å². The van der Waals surface area contributed by atoms with Gasteiger partial charge in [0, 0.05) is 17.6 Å². The molecule has 0 saturated heterocycles. The van der Waals surface area contributed by atoms with Gasteiger partial charge in [-0.25, -0.2) is 14.6 Å². The Morgan fingerprint density at radius 2 is 2.05 bits per heavy atom. The van der Waals surface area contributed by atoms with Crippen LogP contribution in [-0.4, -0.2) is 34.5 Å². The van der Waals surface area contributed by atoms with E-state index in [-0.39, 0.29) is 0 Å². The minimum Gasteiger partial charge on any atom is -0.387 e. The Kier molecular flexibility index (Phi) is 2.98. The summed E-state index contributed by atoms with van der Waals surface area (Å²) in [6, 6.07) is 2.01. The van der Waals surface area contributed by atoms with E-state index in [9.17, 15) is 5.11 Å². The predicted octanol–water partition coefficient (Wildman–Crippen LogP) is 1.04. The third-order valence-corrected chi connectivity index (χ3v) is 3.12. The van der Waals surface area contributed by atoms with Gasteiger partial charge in [-0.05, 0) is 26.8 Å². The zero-order chi connectivity index (χ0) is 14.3. The molecule has 7 nitrogen and oxygen atoms in total. The number of hydrogen-bond donors (Lipinski definition) is 1. The van der Waals surface area contributed by atoms with Crippen molar-refractivity contribution in [2.75, 3.05) is 0 Å². The maximum atomic E-state index is 9.44. The van der Waals surface area contributed by atoms with Crippen molar-refractivity contribution in [3.63, 3.8) is 0 Å². The summed E-state index contributed by atoms with van der Waals surface area (Å²) in [7, 11) is 0. The van der Waals surface area contributed by atoms with E-state index >= 15 is 0 Å². The highest BCUT2D eigenvalue weighted by molar-refractivity contribution is 5.34. The van der Waals surface area contributed by atoms with Gasteiger partial charge in [-0.3, -0.25) is 4.40 Å². The summed E-state index contributed by atoms with van der Waals surface area (Å²) in [6.45, 7) is 6.14. The minimum atomic E-state index is -0.614. The number of hydrogen-bond acceptors (Lipinski definition) is 5. The molecule has 0 fully saturated rings. The Labute approximate surface area is 115 Å². The van der Waals surface area contributed by atoms with Crippen LogP contribution < -0.4 is 0 Å². The summed E-state index contributed by atoms with van der Waals surface area (Å²) in [6.07, 6.45) is 3.05. The molecule has 0 aliphatic heterocycles. The predicted molar refractivity (Wildman–Crippen MR) is 72.2 cm³/mol.